The van der Waals surface area contributed by atoms with Crippen LogP contribution < -0.4 is 10.1 Å². The molecule has 1 aliphatic carbocycles. The molecule has 0 radical (unpaired) electrons. The minimum Gasteiger partial charge on any atom is -0.484 e. The van der Waals surface area contributed by atoms with Gasteiger partial charge in [-0.15, -0.1) is 0 Å². The van der Waals surface area contributed by atoms with Gasteiger partial charge in [0.15, 0.2) is 6.61 Å². The first-order valence-electron chi connectivity index (χ1n) is 10.7. The lowest BCUT2D eigenvalue weighted by atomic mass is 10.1. The van der Waals surface area contributed by atoms with E-state index in [1.807, 2.05) is 25.1 Å². The first-order chi connectivity index (χ1) is 15.0. The molecule has 1 saturated carbocycles. The number of nitrogens with zero attached hydrogens (tertiary/aromatic N) is 1. The maximum Gasteiger partial charge on any atom is 0.261 e. The molecule has 5 nitrogen and oxygen atoms in total. The molecule has 0 saturated heterocycles. The van der Waals surface area contributed by atoms with Crippen LogP contribution in [0.5, 0.6) is 5.75 Å². The highest BCUT2D eigenvalue weighted by molar-refractivity contribution is 6.31. The molecular formula is C24H28Cl2N2O3. The summed E-state index contributed by atoms with van der Waals surface area (Å²) in [6, 6.07) is 13.8. The van der Waals surface area contributed by atoms with Crippen LogP contribution in [-0.4, -0.2) is 35.4 Å². The van der Waals surface area contributed by atoms with E-state index in [1.54, 1.807) is 35.2 Å². The quantitative estimate of drug-likeness (QED) is 0.554. The summed E-state index contributed by atoms with van der Waals surface area (Å²) in [5, 5.41) is 4.21. The molecule has 2 amide bonds. The number of ether oxygens (including phenoxy) is 1. The van der Waals surface area contributed by atoms with Crippen LogP contribution in [0.2, 0.25) is 10.0 Å². The van der Waals surface area contributed by atoms with Crippen molar-refractivity contribution in [2.45, 2.75) is 57.7 Å². The summed E-state index contributed by atoms with van der Waals surface area (Å²) in [6.45, 7) is 1.94. The lowest BCUT2D eigenvalue weighted by Crippen LogP contribution is -2.52. The summed E-state index contributed by atoms with van der Waals surface area (Å²) in [7, 11) is 0. The Morgan fingerprint density at radius 2 is 1.87 bits per heavy atom. The van der Waals surface area contributed by atoms with Crippen LogP contribution in [0.25, 0.3) is 0 Å². The van der Waals surface area contributed by atoms with Gasteiger partial charge in [-0.1, -0.05) is 67.2 Å². The maximum absolute atomic E-state index is 13.2. The number of carbonyl (C=O) groups excluding carboxylic acids is 2. The van der Waals surface area contributed by atoms with Crippen molar-refractivity contribution in [2.75, 3.05) is 6.61 Å². The third-order valence-electron chi connectivity index (χ3n) is 5.54. The van der Waals surface area contributed by atoms with Gasteiger partial charge in [-0.2, -0.15) is 0 Å². The number of rotatable bonds is 9. The van der Waals surface area contributed by atoms with Gasteiger partial charge in [0.05, 0.1) is 0 Å². The van der Waals surface area contributed by atoms with E-state index in [0.29, 0.717) is 22.2 Å². The summed E-state index contributed by atoms with van der Waals surface area (Å²) in [6.07, 6.45) is 4.71. The Hall–Kier alpha value is -2.24. The summed E-state index contributed by atoms with van der Waals surface area (Å²) < 4.78 is 5.67. The SMILES string of the molecule is CC[C@H](C(=O)NC1CCCC1)N(Cc1ccccc1Cl)C(=O)COc1cccc(Cl)c1. The third kappa shape index (κ3) is 6.62. The zero-order chi connectivity index (χ0) is 22.2. The number of hydrogen-bond donors (Lipinski definition) is 1. The van der Waals surface area contributed by atoms with Gasteiger partial charge in [-0.25, -0.2) is 0 Å². The summed E-state index contributed by atoms with van der Waals surface area (Å²) in [4.78, 5) is 27.8. The van der Waals surface area contributed by atoms with Crippen molar-refractivity contribution >= 4 is 35.0 Å². The summed E-state index contributed by atoms with van der Waals surface area (Å²) >= 11 is 12.3. The Morgan fingerprint density at radius 3 is 2.55 bits per heavy atom. The highest BCUT2D eigenvalue weighted by Gasteiger charge is 2.31. The second-order valence-electron chi connectivity index (χ2n) is 7.77. The highest BCUT2D eigenvalue weighted by atomic mass is 35.5. The normalized spacial score (nSPS) is 14.8. The molecule has 31 heavy (non-hydrogen) atoms. The van der Waals surface area contributed by atoms with Crippen LogP contribution in [0.4, 0.5) is 0 Å². The predicted molar refractivity (Wildman–Crippen MR) is 123 cm³/mol. The topological polar surface area (TPSA) is 58.6 Å². The number of hydrogen-bond acceptors (Lipinski definition) is 3. The molecule has 1 N–H and O–H groups in total. The average Bonchev–Trinajstić information content (AvgIpc) is 3.26. The molecule has 0 heterocycles. The number of halogens is 2. The first-order valence-corrected chi connectivity index (χ1v) is 11.4. The number of carbonyl (C=O) groups is 2. The fourth-order valence-electron chi connectivity index (χ4n) is 3.88. The maximum atomic E-state index is 13.2. The molecule has 2 aromatic rings. The Labute approximate surface area is 193 Å². The molecule has 1 atom stereocenters. The van der Waals surface area contributed by atoms with E-state index >= 15 is 0 Å². The lowest BCUT2D eigenvalue weighted by Gasteiger charge is -2.31. The third-order valence-corrected chi connectivity index (χ3v) is 6.15. The minimum atomic E-state index is -0.604. The lowest BCUT2D eigenvalue weighted by molar-refractivity contribution is -0.143. The van der Waals surface area contributed by atoms with Gasteiger partial charge in [0.1, 0.15) is 11.8 Å². The monoisotopic (exact) mass is 462 g/mol. The number of nitrogens with one attached hydrogen (secondary N) is 1. The predicted octanol–water partition coefficient (Wildman–Crippen LogP) is 5.24. The molecule has 7 heteroatoms. The fourth-order valence-corrected chi connectivity index (χ4v) is 4.26. The van der Waals surface area contributed by atoms with E-state index in [1.165, 1.54) is 0 Å². The van der Waals surface area contributed by atoms with Crippen molar-refractivity contribution in [3.05, 3.63) is 64.1 Å². The first kappa shape index (κ1) is 23.4. The van der Waals surface area contributed by atoms with Gasteiger partial charge < -0.3 is 15.0 Å². The van der Waals surface area contributed by atoms with Crippen LogP contribution in [0, 0.1) is 0 Å². The minimum absolute atomic E-state index is 0.127. The largest absolute Gasteiger partial charge is 0.484 e. The Bertz CT molecular complexity index is 900. The standard InChI is InChI=1S/C24H28Cl2N2O3/c1-2-22(24(30)27-19-10-4-5-11-19)28(15-17-8-3-6-13-21(17)26)23(29)16-31-20-12-7-9-18(25)14-20/h3,6-9,12-14,19,22H,2,4-5,10-11,15-16H2,1H3,(H,27,30)/t22-/m1/s1. The van der Waals surface area contributed by atoms with Crippen molar-refractivity contribution in [1.82, 2.24) is 10.2 Å². The van der Waals surface area contributed by atoms with Crippen molar-refractivity contribution in [2.24, 2.45) is 0 Å². The Kier molecular flexibility index (Phi) is 8.61. The molecule has 2 aromatic carbocycles. The molecule has 1 aliphatic rings. The van der Waals surface area contributed by atoms with Crippen LogP contribution >= 0.6 is 23.2 Å². The van der Waals surface area contributed by atoms with Crippen LogP contribution in [0.3, 0.4) is 0 Å². The second kappa shape index (κ2) is 11.4. The van der Waals surface area contributed by atoms with E-state index in [4.69, 9.17) is 27.9 Å². The van der Waals surface area contributed by atoms with Crippen LogP contribution in [-0.2, 0) is 16.1 Å². The van der Waals surface area contributed by atoms with Crippen LogP contribution in [0.15, 0.2) is 48.5 Å². The number of amides is 2. The van der Waals surface area contributed by atoms with Gasteiger partial charge in [0, 0.05) is 22.6 Å². The van der Waals surface area contributed by atoms with E-state index < -0.39 is 6.04 Å². The Balaban J connectivity index is 1.77. The zero-order valence-corrected chi connectivity index (χ0v) is 19.2. The molecule has 3 rings (SSSR count). The molecule has 0 bridgehead atoms. The molecular weight excluding hydrogens is 435 g/mol. The highest BCUT2D eigenvalue weighted by Crippen LogP contribution is 2.22. The van der Waals surface area contributed by atoms with Crippen LogP contribution in [0.1, 0.15) is 44.6 Å². The molecule has 0 unspecified atom stereocenters. The van der Waals surface area contributed by atoms with Gasteiger partial charge in [0.25, 0.3) is 5.91 Å². The number of benzene rings is 2. The summed E-state index contributed by atoms with van der Waals surface area (Å²) in [5.41, 5.74) is 0.785. The fraction of sp³-hybridized carbons (Fsp3) is 0.417. The smallest absolute Gasteiger partial charge is 0.261 e. The van der Waals surface area contributed by atoms with E-state index in [9.17, 15) is 9.59 Å². The van der Waals surface area contributed by atoms with Crippen molar-refractivity contribution < 1.29 is 14.3 Å². The second-order valence-corrected chi connectivity index (χ2v) is 8.62. The average molecular weight is 463 g/mol. The molecule has 1 fully saturated rings. The van der Waals surface area contributed by atoms with Gasteiger partial charge in [0.2, 0.25) is 5.91 Å². The van der Waals surface area contributed by atoms with E-state index in [2.05, 4.69) is 5.32 Å². The Morgan fingerprint density at radius 1 is 1.13 bits per heavy atom. The van der Waals surface area contributed by atoms with Gasteiger partial charge in [-0.3, -0.25) is 9.59 Å². The van der Waals surface area contributed by atoms with E-state index in [0.717, 1.165) is 31.2 Å². The molecule has 0 aromatic heterocycles. The van der Waals surface area contributed by atoms with Crippen molar-refractivity contribution in [1.29, 1.82) is 0 Å². The molecule has 0 aliphatic heterocycles. The summed E-state index contributed by atoms with van der Waals surface area (Å²) in [5.74, 6) is 0.0906. The van der Waals surface area contributed by atoms with Gasteiger partial charge in [-0.05, 0) is 49.1 Å². The molecule has 166 valence electrons. The van der Waals surface area contributed by atoms with Crippen molar-refractivity contribution in [3.8, 4) is 5.75 Å². The molecule has 0 spiro atoms. The van der Waals surface area contributed by atoms with Gasteiger partial charge >= 0.3 is 0 Å². The van der Waals surface area contributed by atoms with E-state index in [-0.39, 0.29) is 31.0 Å². The van der Waals surface area contributed by atoms with Crippen molar-refractivity contribution in [3.63, 3.8) is 0 Å². The zero-order valence-electron chi connectivity index (χ0n) is 17.7.